The predicted molar refractivity (Wildman–Crippen MR) is 55.3 cm³/mol. The minimum Gasteiger partial charge on any atom is -0.381 e. The molecule has 1 saturated heterocycles. The Kier molecular flexibility index (Phi) is 5.58. The summed E-state index contributed by atoms with van der Waals surface area (Å²) < 4.78 is 16.0. The van der Waals surface area contributed by atoms with Crippen LogP contribution in [0.5, 0.6) is 0 Å². The molecule has 0 saturated carbocycles. The third-order valence-electron chi connectivity index (χ3n) is 2.34. The largest absolute Gasteiger partial charge is 0.381 e. The first-order valence-corrected chi connectivity index (χ1v) is 6.60. The second-order valence-corrected chi connectivity index (χ2v) is 5.09. The van der Waals surface area contributed by atoms with E-state index in [4.69, 9.17) is 4.74 Å². The number of rotatable bonds is 5. The minimum atomic E-state index is -0.659. The lowest BCUT2D eigenvalue weighted by molar-refractivity contribution is 0.0665. The van der Waals surface area contributed by atoms with Crippen molar-refractivity contribution in [3.63, 3.8) is 0 Å². The Balaban J connectivity index is 1.95. The van der Waals surface area contributed by atoms with Crippen molar-refractivity contribution in [2.75, 3.05) is 38.3 Å². The van der Waals surface area contributed by atoms with Gasteiger partial charge < -0.3 is 10.1 Å². The number of hydrogen-bond acceptors (Lipinski definition) is 3. The quantitative estimate of drug-likeness (QED) is 0.660. The summed E-state index contributed by atoms with van der Waals surface area (Å²) in [5.41, 5.74) is 0. The fourth-order valence-corrected chi connectivity index (χ4v) is 1.90. The number of hydrogen-bond donors (Lipinski definition) is 1. The normalized spacial score (nSPS) is 21.6. The third-order valence-corrected chi connectivity index (χ3v) is 3.12. The fourth-order valence-electron chi connectivity index (χ4n) is 1.47. The Morgan fingerprint density at radius 2 is 2.15 bits per heavy atom. The SMILES string of the molecule is CS(=O)CCNCC1CCOCC1. The molecule has 0 bridgehead atoms. The maximum atomic E-state index is 10.7. The molecule has 0 aliphatic carbocycles. The summed E-state index contributed by atoms with van der Waals surface area (Å²) in [6, 6.07) is 0. The summed E-state index contributed by atoms with van der Waals surface area (Å²) in [5.74, 6) is 1.53. The molecule has 78 valence electrons. The molecule has 1 rings (SSSR count). The van der Waals surface area contributed by atoms with Gasteiger partial charge in [-0.2, -0.15) is 0 Å². The van der Waals surface area contributed by atoms with Gasteiger partial charge in [0.25, 0.3) is 0 Å². The van der Waals surface area contributed by atoms with Crippen molar-refractivity contribution < 1.29 is 8.95 Å². The molecule has 0 radical (unpaired) electrons. The van der Waals surface area contributed by atoms with Crippen molar-refractivity contribution in [3.8, 4) is 0 Å². The van der Waals surface area contributed by atoms with E-state index in [-0.39, 0.29) is 0 Å². The highest BCUT2D eigenvalue weighted by atomic mass is 32.2. The molecule has 0 spiro atoms. The summed E-state index contributed by atoms with van der Waals surface area (Å²) in [5, 5.41) is 3.34. The molecule has 0 amide bonds. The Morgan fingerprint density at radius 3 is 2.77 bits per heavy atom. The average molecular weight is 205 g/mol. The van der Waals surface area contributed by atoms with Gasteiger partial charge in [0, 0.05) is 42.6 Å². The summed E-state index contributed by atoms with van der Waals surface area (Å²) in [7, 11) is -0.659. The highest BCUT2D eigenvalue weighted by Gasteiger charge is 2.12. The van der Waals surface area contributed by atoms with Crippen LogP contribution in [-0.4, -0.2) is 42.5 Å². The van der Waals surface area contributed by atoms with Crippen LogP contribution >= 0.6 is 0 Å². The molecule has 0 aromatic carbocycles. The lowest BCUT2D eigenvalue weighted by Crippen LogP contribution is -2.30. The van der Waals surface area contributed by atoms with Gasteiger partial charge in [0.15, 0.2) is 0 Å². The van der Waals surface area contributed by atoms with Crippen LogP contribution in [0.3, 0.4) is 0 Å². The zero-order valence-electron chi connectivity index (χ0n) is 8.25. The van der Waals surface area contributed by atoms with Crippen molar-refractivity contribution in [2.45, 2.75) is 12.8 Å². The zero-order chi connectivity index (χ0) is 9.52. The Hall–Kier alpha value is 0.0700. The van der Waals surface area contributed by atoms with E-state index in [9.17, 15) is 4.21 Å². The highest BCUT2D eigenvalue weighted by Crippen LogP contribution is 2.12. The van der Waals surface area contributed by atoms with Crippen LogP contribution in [-0.2, 0) is 15.5 Å². The van der Waals surface area contributed by atoms with E-state index in [1.54, 1.807) is 6.26 Å². The van der Waals surface area contributed by atoms with Gasteiger partial charge in [-0.15, -0.1) is 0 Å². The van der Waals surface area contributed by atoms with Gasteiger partial charge >= 0.3 is 0 Å². The van der Waals surface area contributed by atoms with Crippen LogP contribution in [0, 0.1) is 5.92 Å². The van der Waals surface area contributed by atoms with Crippen LogP contribution in [0.2, 0.25) is 0 Å². The maximum absolute atomic E-state index is 10.7. The lowest BCUT2D eigenvalue weighted by atomic mass is 10.0. The van der Waals surface area contributed by atoms with E-state index in [0.717, 1.165) is 38.0 Å². The van der Waals surface area contributed by atoms with Gasteiger partial charge in [-0.25, -0.2) is 0 Å². The van der Waals surface area contributed by atoms with Crippen molar-refractivity contribution in [2.24, 2.45) is 5.92 Å². The molecule has 0 aromatic rings. The molecule has 13 heavy (non-hydrogen) atoms. The maximum Gasteiger partial charge on any atom is 0.0469 e. The van der Waals surface area contributed by atoms with Crippen LogP contribution in [0.25, 0.3) is 0 Å². The Bertz CT molecular complexity index is 158. The number of nitrogens with one attached hydrogen (secondary N) is 1. The topological polar surface area (TPSA) is 38.3 Å². The average Bonchev–Trinajstić information content (AvgIpc) is 2.14. The Labute approximate surface area is 82.7 Å². The smallest absolute Gasteiger partial charge is 0.0469 e. The van der Waals surface area contributed by atoms with Gasteiger partial charge in [0.05, 0.1) is 0 Å². The van der Waals surface area contributed by atoms with Crippen molar-refractivity contribution in [3.05, 3.63) is 0 Å². The van der Waals surface area contributed by atoms with E-state index < -0.39 is 10.8 Å². The Morgan fingerprint density at radius 1 is 1.46 bits per heavy atom. The van der Waals surface area contributed by atoms with E-state index in [1.165, 1.54) is 12.8 Å². The number of ether oxygens (including phenoxy) is 1. The molecule has 1 fully saturated rings. The van der Waals surface area contributed by atoms with E-state index >= 15 is 0 Å². The lowest BCUT2D eigenvalue weighted by Gasteiger charge is -2.22. The first-order chi connectivity index (χ1) is 6.29. The monoisotopic (exact) mass is 205 g/mol. The molecular formula is C9H19NO2S. The van der Waals surface area contributed by atoms with E-state index in [2.05, 4.69) is 5.32 Å². The second kappa shape index (κ2) is 6.51. The molecule has 1 atom stereocenters. The summed E-state index contributed by atoms with van der Waals surface area (Å²) in [6.45, 7) is 3.75. The van der Waals surface area contributed by atoms with E-state index in [1.807, 2.05) is 0 Å². The molecule has 1 N–H and O–H groups in total. The summed E-state index contributed by atoms with van der Waals surface area (Å²) in [6.07, 6.45) is 4.08. The van der Waals surface area contributed by atoms with Crippen molar-refractivity contribution >= 4 is 10.8 Å². The van der Waals surface area contributed by atoms with Crippen molar-refractivity contribution in [1.82, 2.24) is 5.32 Å². The fraction of sp³-hybridized carbons (Fsp3) is 1.00. The molecular weight excluding hydrogens is 186 g/mol. The summed E-state index contributed by atoms with van der Waals surface area (Å²) in [4.78, 5) is 0. The standard InChI is InChI=1S/C9H19NO2S/c1-13(11)7-4-10-8-9-2-5-12-6-3-9/h9-10H,2-8H2,1H3. The molecule has 3 nitrogen and oxygen atoms in total. The zero-order valence-corrected chi connectivity index (χ0v) is 9.07. The second-order valence-electron chi connectivity index (χ2n) is 3.54. The van der Waals surface area contributed by atoms with Gasteiger partial charge in [-0.3, -0.25) is 4.21 Å². The molecule has 1 heterocycles. The summed E-state index contributed by atoms with van der Waals surface area (Å²) >= 11 is 0. The van der Waals surface area contributed by atoms with E-state index in [0.29, 0.717) is 0 Å². The molecule has 4 heteroatoms. The predicted octanol–water partition coefficient (Wildman–Crippen LogP) is 0.381. The van der Waals surface area contributed by atoms with Gasteiger partial charge in [-0.1, -0.05) is 0 Å². The van der Waals surface area contributed by atoms with Gasteiger partial charge in [0.1, 0.15) is 0 Å². The van der Waals surface area contributed by atoms with Crippen LogP contribution < -0.4 is 5.32 Å². The first kappa shape index (κ1) is 11.1. The van der Waals surface area contributed by atoms with Gasteiger partial charge in [0.2, 0.25) is 0 Å². The van der Waals surface area contributed by atoms with Crippen LogP contribution in [0.15, 0.2) is 0 Å². The van der Waals surface area contributed by atoms with Crippen molar-refractivity contribution in [1.29, 1.82) is 0 Å². The molecule has 0 aromatic heterocycles. The molecule has 1 aliphatic rings. The third kappa shape index (κ3) is 5.39. The first-order valence-electron chi connectivity index (χ1n) is 4.87. The highest BCUT2D eigenvalue weighted by molar-refractivity contribution is 7.84. The minimum absolute atomic E-state index is 0.659. The van der Waals surface area contributed by atoms with Crippen LogP contribution in [0.4, 0.5) is 0 Å². The van der Waals surface area contributed by atoms with Gasteiger partial charge in [-0.05, 0) is 25.3 Å². The molecule has 1 aliphatic heterocycles. The van der Waals surface area contributed by atoms with Crippen LogP contribution in [0.1, 0.15) is 12.8 Å². The molecule has 1 unspecified atom stereocenters.